The molecule has 2 saturated carbocycles. The quantitative estimate of drug-likeness (QED) is 0.489. The molecule has 2 rings (SSSR count). The van der Waals surface area contributed by atoms with Crippen LogP contribution < -0.4 is 0 Å². The van der Waals surface area contributed by atoms with Gasteiger partial charge in [0, 0.05) is 0 Å². The summed E-state index contributed by atoms with van der Waals surface area (Å²) in [5.74, 6) is -0.143. The van der Waals surface area contributed by atoms with E-state index in [2.05, 4.69) is 20.9 Å². The molecule has 2 fully saturated rings. The fourth-order valence-electron chi connectivity index (χ4n) is 5.14. The Kier molecular flexibility index (Phi) is 9.07. The molecule has 0 heterocycles. The van der Waals surface area contributed by atoms with Crippen molar-refractivity contribution in [1.29, 1.82) is 0 Å². The van der Waals surface area contributed by atoms with Gasteiger partial charge in [-0.3, -0.25) is 4.79 Å². The van der Waals surface area contributed by atoms with Gasteiger partial charge in [-0.1, -0.05) is 51.4 Å². The third kappa shape index (κ3) is 6.45. The highest BCUT2D eigenvalue weighted by molar-refractivity contribution is 5.74. The van der Waals surface area contributed by atoms with Crippen molar-refractivity contribution in [2.24, 2.45) is 11.8 Å². The van der Waals surface area contributed by atoms with E-state index >= 15 is 0 Å². The van der Waals surface area contributed by atoms with Crippen LogP contribution in [0.3, 0.4) is 0 Å². The summed E-state index contributed by atoms with van der Waals surface area (Å²) in [5.41, 5.74) is -0.854. The molecule has 1 atom stereocenters. The Bertz CT molecular complexity index is 433. The Morgan fingerprint density at radius 2 is 1.52 bits per heavy atom. The van der Waals surface area contributed by atoms with Crippen LogP contribution in [0.5, 0.6) is 0 Å². The van der Waals surface area contributed by atoms with E-state index < -0.39 is 5.60 Å². The van der Waals surface area contributed by atoms with E-state index in [1.165, 1.54) is 38.5 Å². The number of likely N-dealkylation sites (N-methyl/N-ethyl adjacent to an activating group) is 1. The minimum Gasteiger partial charge on any atom is -0.459 e. The van der Waals surface area contributed by atoms with Crippen LogP contribution in [-0.4, -0.2) is 54.4 Å². The second-order valence-electron chi connectivity index (χ2n) is 9.39. The number of hydrogen-bond donors (Lipinski definition) is 1. The van der Waals surface area contributed by atoms with Crippen LogP contribution in [-0.2, 0) is 9.53 Å². The number of quaternary nitrogens is 1. The highest BCUT2D eigenvalue weighted by atomic mass is 16.5. The summed E-state index contributed by atoms with van der Waals surface area (Å²) in [7, 11) is 2.22. The van der Waals surface area contributed by atoms with Crippen molar-refractivity contribution in [2.75, 3.05) is 33.3 Å². The molecule has 0 radical (unpaired) electrons. The van der Waals surface area contributed by atoms with Crippen LogP contribution in [0.2, 0.25) is 0 Å². The molecule has 158 valence electrons. The summed E-state index contributed by atoms with van der Waals surface area (Å²) in [6.07, 6.45) is 13.0. The molecule has 2 aliphatic carbocycles. The minimum atomic E-state index is -0.854. The monoisotopic (exact) mass is 382 g/mol. The van der Waals surface area contributed by atoms with Gasteiger partial charge < -0.3 is 14.3 Å². The van der Waals surface area contributed by atoms with Crippen LogP contribution in [0.25, 0.3) is 0 Å². The van der Waals surface area contributed by atoms with E-state index in [0.717, 1.165) is 62.6 Å². The van der Waals surface area contributed by atoms with E-state index in [4.69, 9.17) is 4.74 Å². The predicted octanol–water partition coefficient (Wildman–Crippen LogP) is 4.69. The molecule has 0 bridgehead atoms. The molecule has 0 aromatic heterocycles. The maximum Gasteiger partial charge on any atom is 0.312 e. The normalized spacial score (nSPS) is 23.3. The third-order valence-electron chi connectivity index (χ3n) is 7.58. The molecule has 2 aliphatic rings. The lowest BCUT2D eigenvalue weighted by atomic mass is 9.68. The maximum atomic E-state index is 13.2. The number of carbonyl (C=O) groups is 1. The molecule has 1 N–H and O–H groups in total. The number of rotatable bonds is 8. The number of esters is 1. The molecule has 0 spiro atoms. The first kappa shape index (κ1) is 22.7. The number of hydrogen-bond acceptors (Lipinski definition) is 3. The van der Waals surface area contributed by atoms with Gasteiger partial charge in [-0.25, -0.2) is 0 Å². The molecule has 0 saturated heterocycles. The van der Waals surface area contributed by atoms with Gasteiger partial charge in [0.2, 0.25) is 0 Å². The van der Waals surface area contributed by atoms with Crippen LogP contribution in [0.4, 0.5) is 0 Å². The molecule has 4 heteroatoms. The predicted molar refractivity (Wildman–Crippen MR) is 110 cm³/mol. The molecule has 1 unspecified atom stereocenters. The van der Waals surface area contributed by atoms with Crippen LogP contribution in [0.1, 0.15) is 90.9 Å². The topological polar surface area (TPSA) is 46.5 Å². The van der Waals surface area contributed by atoms with Gasteiger partial charge in [-0.2, -0.15) is 0 Å². The fraction of sp³-hybridized carbons (Fsp3) is 0.957. The number of aliphatic hydroxyl groups is 1. The van der Waals surface area contributed by atoms with Gasteiger partial charge in [0.15, 0.2) is 0 Å². The van der Waals surface area contributed by atoms with Gasteiger partial charge in [0.05, 0.1) is 31.7 Å². The zero-order valence-corrected chi connectivity index (χ0v) is 18.2. The van der Waals surface area contributed by atoms with Crippen molar-refractivity contribution in [3.8, 4) is 0 Å². The summed E-state index contributed by atoms with van der Waals surface area (Å²) in [4.78, 5) is 13.2. The third-order valence-corrected chi connectivity index (χ3v) is 7.58. The first-order chi connectivity index (χ1) is 12.9. The van der Waals surface area contributed by atoms with E-state index in [0.29, 0.717) is 12.5 Å². The minimum absolute atomic E-state index is 0.122. The molecule has 0 amide bonds. The van der Waals surface area contributed by atoms with Gasteiger partial charge in [0.1, 0.15) is 13.2 Å². The van der Waals surface area contributed by atoms with Gasteiger partial charge in [0.25, 0.3) is 0 Å². The SMILES string of the molecule is CC[N+](C)(CC)CCOC(=O)C(C1CCCCC1)C1(O)CCCCCCC1. The number of nitrogens with zero attached hydrogens (tertiary/aromatic N) is 1. The first-order valence-electron chi connectivity index (χ1n) is 11.7. The summed E-state index contributed by atoms with van der Waals surface area (Å²) in [6.45, 7) is 7.79. The van der Waals surface area contributed by atoms with E-state index in [9.17, 15) is 9.90 Å². The van der Waals surface area contributed by atoms with Crippen LogP contribution >= 0.6 is 0 Å². The molecular weight excluding hydrogens is 338 g/mol. The average Bonchev–Trinajstić information content (AvgIpc) is 2.66. The summed E-state index contributed by atoms with van der Waals surface area (Å²) in [6, 6.07) is 0. The molecule has 0 aliphatic heterocycles. The van der Waals surface area contributed by atoms with Gasteiger partial charge in [-0.15, -0.1) is 0 Å². The summed E-state index contributed by atoms with van der Waals surface area (Å²) in [5, 5.41) is 11.6. The Balaban J connectivity index is 2.07. The number of ether oxygens (including phenoxy) is 1. The van der Waals surface area contributed by atoms with Crippen molar-refractivity contribution >= 4 is 5.97 Å². The maximum absolute atomic E-state index is 13.2. The standard InChI is InChI=1S/C23H44NO3/c1-4-24(3,5-2)18-19-27-22(25)21(20-14-10-9-11-15-20)23(26)16-12-7-6-8-13-17-23/h20-21,26H,4-19H2,1-3H3/q+1. The lowest BCUT2D eigenvalue weighted by Crippen LogP contribution is -2.49. The highest BCUT2D eigenvalue weighted by Crippen LogP contribution is 2.42. The van der Waals surface area contributed by atoms with Crippen LogP contribution in [0, 0.1) is 11.8 Å². The zero-order chi connectivity index (χ0) is 19.8. The number of carbonyl (C=O) groups excluding carboxylic acids is 1. The van der Waals surface area contributed by atoms with E-state index in [1.807, 2.05) is 0 Å². The van der Waals surface area contributed by atoms with E-state index in [1.54, 1.807) is 0 Å². The second kappa shape index (κ2) is 10.8. The molecule has 0 aromatic rings. The largest absolute Gasteiger partial charge is 0.459 e. The highest BCUT2D eigenvalue weighted by Gasteiger charge is 2.46. The molecular formula is C23H44NO3+. The lowest BCUT2D eigenvalue weighted by molar-refractivity contribution is -0.906. The summed E-state index contributed by atoms with van der Waals surface area (Å²) >= 11 is 0. The van der Waals surface area contributed by atoms with Crippen LogP contribution in [0.15, 0.2) is 0 Å². The van der Waals surface area contributed by atoms with Crippen molar-refractivity contribution in [3.05, 3.63) is 0 Å². The molecule has 27 heavy (non-hydrogen) atoms. The Labute approximate surface area is 167 Å². The Morgan fingerprint density at radius 1 is 1.00 bits per heavy atom. The van der Waals surface area contributed by atoms with Gasteiger partial charge in [-0.05, 0) is 45.4 Å². The average molecular weight is 383 g/mol. The molecule has 0 aromatic carbocycles. The van der Waals surface area contributed by atoms with Crippen molar-refractivity contribution in [2.45, 2.75) is 96.5 Å². The first-order valence-corrected chi connectivity index (χ1v) is 11.7. The van der Waals surface area contributed by atoms with Crippen molar-refractivity contribution in [1.82, 2.24) is 0 Å². The summed E-state index contributed by atoms with van der Waals surface area (Å²) < 4.78 is 6.75. The molecule has 4 nitrogen and oxygen atoms in total. The van der Waals surface area contributed by atoms with Crippen molar-refractivity contribution in [3.63, 3.8) is 0 Å². The van der Waals surface area contributed by atoms with Gasteiger partial charge >= 0.3 is 5.97 Å². The Morgan fingerprint density at radius 3 is 2.07 bits per heavy atom. The zero-order valence-electron chi connectivity index (χ0n) is 18.2. The Hall–Kier alpha value is -0.610. The lowest BCUT2D eigenvalue weighted by Gasteiger charge is -2.41. The smallest absolute Gasteiger partial charge is 0.312 e. The second-order valence-corrected chi connectivity index (χ2v) is 9.39. The van der Waals surface area contributed by atoms with Crippen molar-refractivity contribution < 1.29 is 19.1 Å². The van der Waals surface area contributed by atoms with E-state index in [-0.39, 0.29) is 11.9 Å². The fourth-order valence-corrected chi connectivity index (χ4v) is 5.14.